The maximum absolute atomic E-state index is 5.56. The van der Waals surface area contributed by atoms with Crippen molar-refractivity contribution in [3.63, 3.8) is 0 Å². The molecule has 88 valence electrons. The molecule has 0 aliphatic carbocycles. The van der Waals surface area contributed by atoms with Crippen LogP contribution in [-0.4, -0.2) is 26.7 Å². The van der Waals surface area contributed by atoms with E-state index in [1.54, 1.807) is 7.11 Å². The van der Waals surface area contributed by atoms with Crippen molar-refractivity contribution in [3.8, 4) is 5.75 Å². The monoisotopic (exact) mass is 220 g/mol. The first-order valence-corrected chi connectivity index (χ1v) is 5.86. The number of ether oxygens (including phenoxy) is 1. The minimum Gasteiger partial charge on any atom is -0.497 e. The molecule has 16 heavy (non-hydrogen) atoms. The largest absolute Gasteiger partial charge is 0.497 e. The lowest BCUT2D eigenvalue weighted by atomic mass is 10.1. The Bertz CT molecular complexity index is 365. The average Bonchev–Trinajstić information content (AvgIpc) is 2.63. The van der Waals surface area contributed by atoms with Gasteiger partial charge in [0.05, 0.1) is 7.11 Å². The van der Waals surface area contributed by atoms with E-state index in [0.717, 1.165) is 25.1 Å². The smallest absolute Gasteiger partial charge is 0.119 e. The molecule has 1 unspecified atom stereocenters. The van der Waals surface area contributed by atoms with Crippen molar-refractivity contribution in [1.29, 1.82) is 0 Å². The van der Waals surface area contributed by atoms with Crippen LogP contribution in [0.3, 0.4) is 0 Å². The van der Waals surface area contributed by atoms with Crippen LogP contribution in [-0.2, 0) is 6.42 Å². The zero-order valence-electron chi connectivity index (χ0n) is 10.1. The Labute approximate surface area is 97.2 Å². The lowest BCUT2D eigenvalue weighted by Crippen LogP contribution is -2.28. The summed E-state index contributed by atoms with van der Waals surface area (Å²) in [6.07, 6.45) is 3.38. The summed E-state index contributed by atoms with van der Waals surface area (Å²) < 4.78 is 5.25. The molecule has 1 aliphatic rings. The Hall–Kier alpha value is -1.22. The van der Waals surface area contributed by atoms with Gasteiger partial charge in [0, 0.05) is 18.8 Å². The number of benzene rings is 1. The van der Waals surface area contributed by atoms with Crippen molar-refractivity contribution in [1.82, 2.24) is 0 Å². The summed E-state index contributed by atoms with van der Waals surface area (Å²) in [4.78, 5) is 2.37. The number of fused-ring (bicyclic) bond motifs is 1. The summed E-state index contributed by atoms with van der Waals surface area (Å²) >= 11 is 0. The van der Waals surface area contributed by atoms with Gasteiger partial charge < -0.3 is 15.4 Å². The third-order valence-electron chi connectivity index (χ3n) is 3.41. The quantitative estimate of drug-likeness (QED) is 0.841. The van der Waals surface area contributed by atoms with Crippen LogP contribution >= 0.6 is 0 Å². The first-order chi connectivity index (χ1) is 7.76. The van der Waals surface area contributed by atoms with Gasteiger partial charge in [0.25, 0.3) is 0 Å². The maximum atomic E-state index is 5.56. The molecule has 0 amide bonds. The Morgan fingerprint density at radius 3 is 3.00 bits per heavy atom. The number of hydrogen-bond donors (Lipinski definition) is 1. The van der Waals surface area contributed by atoms with Crippen LogP contribution in [0.5, 0.6) is 5.75 Å². The number of nitrogens with two attached hydrogens (primary N) is 1. The topological polar surface area (TPSA) is 38.5 Å². The molecule has 0 saturated carbocycles. The highest BCUT2D eigenvalue weighted by atomic mass is 16.5. The van der Waals surface area contributed by atoms with Crippen LogP contribution in [0.2, 0.25) is 0 Å². The number of rotatable bonds is 4. The van der Waals surface area contributed by atoms with E-state index in [9.17, 15) is 0 Å². The summed E-state index contributed by atoms with van der Waals surface area (Å²) in [5.41, 5.74) is 8.29. The number of nitrogens with zero attached hydrogens (tertiary/aromatic N) is 1. The number of hydrogen-bond acceptors (Lipinski definition) is 3. The molecule has 3 heteroatoms. The van der Waals surface area contributed by atoms with Gasteiger partial charge in [-0.2, -0.15) is 0 Å². The van der Waals surface area contributed by atoms with Crippen LogP contribution in [0.25, 0.3) is 0 Å². The van der Waals surface area contributed by atoms with Gasteiger partial charge in [-0.3, -0.25) is 0 Å². The highest BCUT2D eigenvalue weighted by Gasteiger charge is 2.25. The lowest BCUT2D eigenvalue weighted by Gasteiger charge is -2.22. The van der Waals surface area contributed by atoms with Gasteiger partial charge in [0.1, 0.15) is 5.75 Å². The van der Waals surface area contributed by atoms with Crippen LogP contribution < -0.4 is 15.4 Å². The molecule has 1 heterocycles. The fraction of sp³-hybridized carbons (Fsp3) is 0.538. The van der Waals surface area contributed by atoms with Crippen molar-refractivity contribution in [2.24, 2.45) is 5.73 Å². The van der Waals surface area contributed by atoms with Gasteiger partial charge in [0.15, 0.2) is 0 Å². The van der Waals surface area contributed by atoms with Gasteiger partial charge in [-0.25, -0.2) is 0 Å². The van der Waals surface area contributed by atoms with E-state index < -0.39 is 0 Å². The molecular weight excluding hydrogens is 200 g/mol. The van der Waals surface area contributed by atoms with E-state index in [-0.39, 0.29) is 0 Å². The minimum atomic E-state index is 0.602. The molecule has 1 atom stereocenters. The van der Waals surface area contributed by atoms with E-state index in [1.807, 2.05) is 6.07 Å². The van der Waals surface area contributed by atoms with Crippen LogP contribution in [0.1, 0.15) is 18.4 Å². The highest BCUT2D eigenvalue weighted by Crippen LogP contribution is 2.34. The summed E-state index contributed by atoms with van der Waals surface area (Å²) in [6, 6.07) is 6.93. The second kappa shape index (κ2) is 4.74. The lowest BCUT2D eigenvalue weighted by molar-refractivity contribution is 0.414. The third kappa shape index (κ3) is 2.00. The normalized spacial score (nSPS) is 18.7. The Morgan fingerprint density at radius 1 is 1.50 bits per heavy atom. The standard InChI is InChI=1S/C13H20N2O/c1-15-11(4-3-7-14)8-10-9-12(16-2)5-6-13(10)15/h5-6,9,11H,3-4,7-8,14H2,1-2H3. The molecule has 0 fully saturated rings. The second-order valence-electron chi connectivity index (χ2n) is 4.39. The molecule has 2 rings (SSSR count). The Balaban J connectivity index is 2.14. The molecule has 3 nitrogen and oxygen atoms in total. The van der Waals surface area contributed by atoms with Crippen molar-refractivity contribution >= 4 is 5.69 Å². The summed E-state index contributed by atoms with van der Waals surface area (Å²) in [5, 5.41) is 0. The van der Waals surface area contributed by atoms with Crippen molar-refractivity contribution in [2.45, 2.75) is 25.3 Å². The van der Waals surface area contributed by atoms with Crippen LogP contribution in [0, 0.1) is 0 Å². The first-order valence-electron chi connectivity index (χ1n) is 5.86. The molecule has 0 bridgehead atoms. The number of likely N-dealkylation sites (N-methyl/N-ethyl adjacent to an activating group) is 1. The number of anilines is 1. The molecule has 2 N–H and O–H groups in total. The molecule has 1 aromatic carbocycles. The predicted molar refractivity (Wildman–Crippen MR) is 67.2 cm³/mol. The fourth-order valence-electron chi connectivity index (χ4n) is 2.43. The molecule has 0 spiro atoms. The van der Waals surface area contributed by atoms with E-state index in [1.165, 1.54) is 17.7 Å². The molecule has 0 radical (unpaired) electrons. The fourth-order valence-corrected chi connectivity index (χ4v) is 2.43. The van der Waals surface area contributed by atoms with Crippen molar-refractivity contribution in [3.05, 3.63) is 23.8 Å². The van der Waals surface area contributed by atoms with E-state index in [4.69, 9.17) is 10.5 Å². The predicted octanol–water partition coefficient (Wildman–Crippen LogP) is 1.79. The number of methoxy groups -OCH3 is 1. The van der Waals surface area contributed by atoms with Crippen molar-refractivity contribution in [2.75, 3.05) is 25.6 Å². The maximum Gasteiger partial charge on any atom is 0.119 e. The highest BCUT2D eigenvalue weighted by molar-refractivity contribution is 5.61. The van der Waals surface area contributed by atoms with Crippen LogP contribution in [0.15, 0.2) is 18.2 Å². The van der Waals surface area contributed by atoms with Gasteiger partial charge in [-0.1, -0.05) is 0 Å². The Morgan fingerprint density at radius 2 is 2.31 bits per heavy atom. The van der Waals surface area contributed by atoms with E-state index in [2.05, 4.69) is 24.1 Å². The van der Waals surface area contributed by atoms with Gasteiger partial charge in [0.2, 0.25) is 0 Å². The minimum absolute atomic E-state index is 0.602. The van der Waals surface area contributed by atoms with E-state index >= 15 is 0 Å². The zero-order valence-corrected chi connectivity index (χ0v) is 10.1. The second-order valence-corrected chi connectivity index (χ2v) is 4.39. The van der Waals surface area contributed by atoms with Crippen molar-refractivity contribution < 1.29 is 4.74 Å². The SMILES string of the molecule is COc1ccc2c(c1)CC(CCCN)N2C. The van der Waals surface area contributed by atoms with Gasteiger partial charge in [-0.05, 0) is 49.6 Å². The van der Waals surface area contributed by atoms with Gasteiger partial charge in [-0.15, -0.1) is 0 Å². The molecular formula is C13H20N2O. The van der Waals surface area contributed by atoms with Gasteiger partial charge >= 0.3 is 0 Å². The van der Waals surface area contributed by atoms with E-state index in [0.29, 0.717) is 6.04 Å². The summed E-state index contributed by atoms with van der Waals surface area (Å²) in [6.45, 7) is 0.782. The molecule has 1 aromatic rings. The third-order valence-corrected chi connectivity index (χ3v) is 3.41. The zero-order chi connectivity index (χ0) is 11.5. The Kier molecular flexibility index (Phi) is 3.34. The van der Waals surface area contributed by atoms with Crippen LogP contribution in [0.4, 0.5) is 5.69 Å². The molecule has 0 aromatic heterocycles. The summed E-state index contributed by atoms with van der Waals surface area (Å²) in [5.74, 6) is 0.951. The molecule has 1 aliphatic heterocycles. The molecule has 0 saturated heterocycles. The summed E-state index contributed by atoms with van der Waals surface area (Å²) in [7, 11) is 3.88. The average molecular weight is 220 g/mol. The first kappa shape index (κ1) is 11.3.